The molecule has 2 rings (SSSR count). The molecule has 21 heavy (non-hydrogen) atoms. The van der Waals surface area contributed by atoms with Gasteiger partial charge in [0.05, 0.1) is 0 Å². The van der Waals surface area contributed by atoms with Crippen molar-refractivity contribution in [3.63, 3.8) is 0 Å². The SMILES string of the molecule is Cc1ccc(C(=O)N(CC2CCNCC2)C(C)C)cc1F. The summed E-state index contributed by atoms with van der Waals surface area (Å²) in [6.07, 6.45) is 2.19. The largest absolute Gasteiger partial charge is 0.336 e. The Balaban J connectivity index is 2.12. The molecule has 0 saturated carbocycles. The Kier molecular flexibility index (Phi) is 5.34. The fourth-order valence-corrected chi connectivity index (χ4v) is 2.76. The average molecular weight is 292 g/mol. The van der Waals surface area contributed by atoms with Crippen molar-refractivity contribution in [3.05, 3.63) is 35.1 Å². The number of hydrogen-bond donors (Lipinski definition) is 1. The molecular weight excluding hydrogens is 267 g/mol. The van der Waals surface area contributed by atoms with Crippen LogP contribution in [-0.4, -0.2) is 36.5 Å². The Labute approximate surface area is 126 Å². The molecule has 1 aliphatic heterocycles. The number of nitrogens with one attached hydrogen (secondary N) is 1. The van der Waals surface area contributed by atoms with Gasteiger partial charge in [-0.15, -0.1) is 0 Å². The number of rotatable bonds is 4. The zero-order valence-electron chi connectivity index (χ0n) is 13.2. The van der Waals surface area contributed by atoms with Crippen molar-refractivity contribution in [2.45, 2.75) is 39.7 Å². The summed E-state index contributed by atoms with van der Waals surface area (Å²) >= 11 is 0. The van der Waals surface area contributed by atoms with Gasteiger partial charge in [-0.2, -0.15) is 0 Å². The van der Waals surface area contributed by atoms with E-state index in [-0.39, 0.29) is 17.8 Å². The molecule has 0 bridgehead atoms. The topological polar surface area (TPSA) is 32.3 Å². The van der Waals surface area contributed by atoms with Gasteiger partial charge in [0.25, 0.3) is 5.91 Å². The van der Waals surface area contributed by atoms with E-state index in [0.29, 0.717) is 17.0 Å². The monoisotopic (exact) mass is 292 g/mol. The van der Waals surface area contributed by atoms with Crippen LogP contribution < -0.4 is 5.32 Å². The molecule has 0 spiro atoms. The maximum atomic E-state index is 13.7. The molecule has 0 aromatic heterocycles. The molecule has 1 N–H and O–H groups in total. The average Bonchev–Trinajstić information content (AvgIpc) is 2.47. The summed E-state index contributed by atoms with van der Waals surface area (Å²) in [7, 11) is 0. The number of aryl methyl sites for hydroxylation is 1. The van der Waals surface area contributed by atoms with Crippen molar-refractivity contribution in [3.8, 4) is 0 Å². The van der Waals surface area contributed by atoms with Gasteiger partial charge in [-0.05, 0) is 70.3 Å². The summed E-state index contributed by atoms with van der Waals surface area (Å²) in [5, 5.41) is 3.34. The van der Waals surface area contributed by atoms with Crippen LogP contribution in [0.3, 0.4) is 0 Å². The van der Waals surface area contributed by atoms with E-state index in [4.69, 9.17) is 0 Å². The molecule has 116 valence electrons. The quantitative estimate of drug-likeness (QED) is 0.925. The van der Waals surface area contributed by atoms with E-state index in [1.54, 1.807) is 19.1 Å². The van der Waals surface area contributed by atoms with Gasteiger partial charge in [0.15, 0.2) is 0 Å². The molecule has 0 unspecified atom stereocenters. The van der Waals surface area contributed by atoms with Crippen molar-refractivity contribution >= 4 is 5.91 Å². The Morgan fingerprint density at radius 2 is 2.05 bits per heavy atom. The Morgan fingerprint density at radius 3 is 2.62 bits per heavy atom. The van der Waals surface area contributed by atoms with Crippen LogP contribution in [0.1, 0.15) is 42.6 Å². The number of halogens is 1. The predicted molar refractivity (Wildman–Crippen MR) is 82.9 cm³/mol. The lowest BCUT2D eigenvalue weighted by Gasteiger charge is -2.33. The predicted octanol–water partition coefficient (Wildman–Crippen LogP) is 2.98. The van der Waals surface area contributed by atoms with E-state index in [1.807, 2.05) is 18.7 Å². The number of amides is 1. The first kappa shape index (κ1) is 16.0. The van der Waals surface area contributed by atoms with Gasteiger partial charge in [-0.25, -0.2) is 4.39 Å². The van der Waals surface area contributed by atoms with Crippen LogP contribution in [0.4, 0.5) is 4.39 Å². The van der Waals surface area contributed by atoms with E-state index in [9.17, 15) is 9.18 Å². The first-order chi connectivity index (χ1) is 9.99. The highest BCUT2D eigenvalue weighted by Crippen LogP contribution is 2.18. The van der Waals surface area contributed by atoms with Crippen molar-refractivity contribution < 1.29 is 9.18 Å². The molecule has 1 heterocycles. The highest BCUT2D eigenvalue weighted by atomic mass is 19.1. The molecule has 0 atom stereocenters. The van der Waals surface area contributed by atoms with Crippen LogP contribution in [0.2, 0.25) is 0 Å². The number of piperidine rings is 1. The van der Waals surface area contributed by atoms with Crippen molar-refractivity contribution in [1.29, 1.82) is 0 Å². The van der Waals surface area contributed by atoms with Gasteiger partial charge in [-0.3, -0.25) is 4.79 Å². The molecule has 1 amide bonds. The molecular formula is C17H25FN2O. The van der Waals surface area contributed by atoms with Crippen LogP contribution >= 0.6 is 0 Å². The lowest BCUT2D eigenvalue weighted by Crippen LogP contribution is -2.43. The second kappa shape index (κ2) is 7.03. The molecule has 1 fully saturated rings. The minimum Gasteiger partial charge on any atom is -0.336 e. The summed E-state index contributed by atoms with van der Waals surface area (Å²) in [6, 6.07) is 4.87. The Morgan fingerprint density at radius 1 is 1.38 bits per heavy atom. The van der Waals surface area contributed by atoms with Crippen molar-refractivity contribution in [2.75, 3.05) is 19.6 Å². The van der Waals surface area contributed by atoms with Gasteiger partial charge >= 0.3 is 0 Å². The molecule has 4 heteroatoms. The third-order valence-electron chi connectivity index (χ3n) is 4.22. The second-order valence-electron chi connectivity index (χ2n) is 6.21. The van der Waals surface area contributed by atoms with Gasteiger partial charge in [0.1, 0.15) is 5.82 Å². The summed E-state index contributed by atoms with van der Waals surface area (Å²) in [6.45, 7) is 8.54. The number of carbonyl (C=O) groups is 1. The number of carbonyl (C=O) groups excluding carboxylic acids is 1. The number of hydrogen-bond acceptors (Lipinski definition) is 2. The van der Waals surface area contributed by atoms with Crippen LogP contribution in [0, 0.1) is 18.7 Å². The first-order valence-corrected chi connectivity index (χ1v) is 7.77. The van der Waals surface area contributed by atoms with Gasteiger partial charge < -0.3 is 10.2 Å². The Bertz CT molecular complexity index is 496. The summed E-state index contributed by atoms with van der Waals surface area (Å²) in [5.41, 5.74) is 1.02. The third-order valence-corrected chi connectivity index (χ3v) is 4.22. The van der Waals surface area contributed by atoms with Crippen molar-refractivity contribution in [2.24, 2.45) is 5.92 Å². The summed E-state index contributed by atoms with van der Waals surface area (Å²) < 4.78 is 13.7. The zero-order valence-corrected chi connectivity index (χ0v) is 13.2. The summed E-state index contributed by atoms with van der Waals surface area (Å²) in [4.78, 5) is 14.5. The standard InChI is InChI=1S/C17H25FN2O/c1-12(2)20(11-14-6-8-19-9-7-14)17(21)15-5-4-13(3)16(18)10-15/h4-5,10,12,14,19H,6-9,11H2,1-3H3. The number of nitrogens with zero attached hydrogens (tertiary/aromatic N) is 1. The van der Waals surface area contributed by atoms with Crippen LogP contribution in [0.25, 0.3) is 0 Å². The van der Waals surface area contributed by atoms with E-state index >= 15 is 0 Å². The minimum absolute atomic E-state index is 0.0672. The zero-order chi connectivity index (χ0) is 15.4. The van der Waals surface area contributed by atoms with Crippen LogP contribution in [0.5, 0.6) is 0 Å². The van der Waals surface area contributed by atoms with Gasteiger partial charge in [0.2, 0.25) is 0 Å². The lowest BCUT2D eigenvalue weighted by molar-refractivity contribution is 0.0657. The molecule has 1 aromatic rings. The summed E-state index contributed by atoms with van der Waals surface area (Å²) in [5.74, 6) is 0.154. The van der Waals surface area contributed by atoms with Crippen LogP contribution in [0.15, 0.2) is 18.2 Å². The number of benzene rings is 1. The maximum Gasteiger partial charge on any atom is 0.254 e. The molecule has 0 radical (unpaired) electrons. The fraction of sp³-hybridized carbons (Fsp3) is 0.588. The van der Waals surface area contributed by atoms with Gasteiger partial charge in [-0.1, -0.05) is 6.07 Å². The van der Waals surface area contributed by atoms with E-state index < -0.39 is 0 Å². The highest BCUT2D eigenvalue weighted by molar-refractivity contribution is 5.94. The normalized spacial score (nSPS) is 16.2. The molecule has 1 aromatic carbocycles. The fourth-order valence-electron chi connectivity index (χ4n) is 2.76. The van der Waals surface area contributed by atoms with E-state index in [1.165, 1.54) is 6.07 Å². The molecule has 0 aliphatic carbocycles. The van der Waals surface area contributed by atoms with Crippen LogP contribution in [-0.2, 0) is 0 Å². The lowest BCUT2D eigenvalue weighted by atomic mass is 9.96. The smallest absolute Gasteiger partial charge is 0.254 e. The molecule has 3 nitrogen and oxygen atoms in total. The highest BCUT2D eigenvalue weighted by Gasteiger charge is 2.24. The second-order valence-corrected chi connectivity index (χ2v) is 6.21. The molecule has 1 saturated heterocycles. The van der Waals surface area contributed by atoms with Gasteiger partial charge in [0, 0.05) is 18.2 Å². The van der Waals surface area contributed by atoms with E-state index in [0.717, 1.165) is 32.5 Å². The Hall–Kier alpha value is -1.42. The first-order valence-electron chi connectivity index (χ1n) is 7.77. The minimum atomic E-state index is -0.313. The molecule has 1 aliphatic rings. The van der Waals surface area contributed by atoms with E-state index in [2.05, 4.69) is 5.32 Å². The maximum absolute atomic E-state index is 13.7. The van der Waals surface area contributed by atoms with Crippen molar-refractivity contribution in [1.82, 2.24) is 10.2 Å². The third kappa shape index (κ3) is 4.03.